The van der Waals surface area contributed by atoms with E-state index in [1.807, 2.05) is 13.0 Å². The maximum absolute atomic E-state index is 12.9. The van der Waals surface area contributed by atoms with E-state index in [2.05, 4.69) is 4.98 Å². The average molecular weight is 446 g/mol. The first-order chi connectivity index (χ1) is 14.4. The monoisotopic (exact) mass is 445 g/mol. The third kappa shape index (κ3) is 3.98. The van der Waals surface area contributed by atoms with Gasteiger partial charge in [0.15, 0.2) is 0 Å². The third-order valence-electron chi connectivity index (χ3n) is 4.69. The molecule has 0 saturated carbocycles. The molecule has 2 aromatic heterocycles. The van der Waals surface area contributed by atoms with Gasteiger partial charge in [0, 0.05) is 18.0 Å². The SMILES string of the molecule is Cc1ccc2nc(COC(=O)C3CSCN3S(=O)(=O)c3ccccc3)cc(=O)n2c1. The lowest BCUT2D eigenvalue weighted by Gasteiger charge is -2.21. The second-order valence-electron chi connectivity index (χ2n) is 6.85. The lowest BCUT2D eigenvalue weighted by molar-refractivity contribution is -0.148. The van der Waals surface area contributed by atoms with Crippen LogP contribution in [0, 0.1) is 6.92 Å². The molecule has 0 radical (unpaired) electrons. The number of hydrogen-bond acceptors (Lipinski definition) is 7. The van der Waals surface area contributed by atoms with Gasteiger partial charge in [0.1, 0.15) is 18.3 Å². The zero-order valence-corrected chi connectivity index (χ0v) is 17.7. The van der Waals surface area contributed by atoms with Gasteiger partial charge in [0.25, 0.3) is 5.56 Å². The molecule has 1 aliphatic rings. The number of carbonyl (C=O) groups is 1. The Bertz CT molecular complexity index is 1260. The van der Waals surface area contributed by atoms with E-state index in [0.29, 0.717) is 17.1 Å². The van der Waals surface area contributed by atoms with Crippen LogP contribution in [0.25, 0.3) is 5.65 Å². The van der Waals surface area contributed by atoms with Crippen molar-refractivity contribution in [1.82, 2.24) is 13.7 Å². The number of aryl methyl sites for hydroxylation is 1. The van der Waals surface area contributed by atoms with Crippen LogP contribution < -0.4 is 5.56 Å². The molecule has 0 amide bonds. The van der Waals surface area contributed by atoms with Gasteiger partial charge in [-0.1, -0.05) is 24.3 Å². The van der Waals surface area contributed by atoms with Crippen LogP contribution in [-0.2, 0) is 26.2 Å². The fraction of sp³-hybridized carbons (Fsp3) is 0.250. The van der Waals surface area contributed by atoms with Crippen molar-refractivity contribution in [1.29, 1.82) is 0 Å². The molecule has 1 aromatic carbocycles. The summed E-state index contributed by atoms with van der Waals surface area (Å²) in [6.07, 6.45) is 1.68. The lowest BCUT2D eigenvalue weighted by Crippen LogP contribution is -2.42. The van der Waals surface area contributed by atoms with Gasteiger partial charge in [-0.2, -0.15) is 4.31 Å². The van der Waals surface area contributed by atoms with Crippen molar-refractivity contribution < 1.29 is 17.9 Å². The van der Waals surface area contributed by atoms with Gasteiger partial charge in [-0.15, -0.1) is 11.8 Å². The second-order valence-corrected chi connectivity index (χ2v) is 9.74. The zero-order chi connectivity index (χ0) is 21.3. The fourth-order valence-electron chi connectivity index (χ4n) is 3.15. The van der Waals surface area contributed by atoms with Crippen LogP contribution in [0.3, 0.4) is 0 Å². The first-order valence-electron chi connectivity index (χ1n) is 9.16. The van der Waals surface area contributed by atoms with Crippen molar-refractivity contribution in [3.63, 3.8) is 0 Å². The molecule has 0 N–H and O–H groups in total. The van der Waals surface area contributed by atoms with Crippen LogP contribution >= 0.6 is 11.8 Å². The van der Waals surface area contributed by atoms with Crippen molar-refractivity contribution >= 4 is 33.4 Å². The maximum atomic E-state index is 12.9. The molecule has 0 spiro atoms. The minimum atomic E-state index is -3.81. The molecule has 1 unspecified atom stereocenters. The summed E-state index contributed by atoms with van der Waals surface area (Å²) in [5, 5.41) is 0. The summed E-state index contributed by atoms with van der Waals surface area (Å²) in [5.74, 6) is -0.186. The van der Waals surface area contributed by atoms with E-state index in [9.17, 15) is 18.0 Å². The van der Waals surface area contributed by atoms with E-state index in [4.69, 9.17) is 4.74 Å². The van der Waals surface area contributed by atoms with Crippen molar-refractivity contribution in [2.45, 2.75) is 24.5 Å². The van der Waals surface area contributed by atoms with Crippen molar-refractivity contribution in [3.8, 4) is 0 Å². The van der Waals surface area contributed by atoms with E-state index in [1.54, 1.807) is 30.5 Å². The number of ether oxygens (including phenoxy) is 1. The van der Waals surface area contributed by atoms with Crippen LogP contribution in [0.2, 0.25) is 0 Å². The van der Waals surface area contributed by atoms with Gasteiger partial charge in [0.2, 0.25) is 10.0 Å². The molecule has 10 heteroatoms. The Morgan fingerprint density at radius 2 is 2.00 bits per heavy atom. The average Bonchev–Trinajstić information content (AvgIpc) is 3.24. The van der Waals surface area contributed by atoms with Crippen LogP contribution in [0.4, 0.5) is 0 Å². The van der Waals surface area contributed by atoms with Crippen LogP contribution in [0.5, 0.6) is 0 Å². The van der Waals surface area contributed by atoms with Gasteiger partial charge >= 0.3 is 5.97 Å². The number of esters is 1. The van der Waals surface area contributed by atoms with E-state index in [-0.39, 0.29) is 22.9 Å². The number of pyridine rings is 1. The summed E-state index contributed by atoms with van der Waals surface area (Å²) < 4.78 is 33.7. The lowest BCUT2D eigenvalue weighted by atomic mass is 10.3. The Balaban J connectivity index is 1.51. The molecule has 30 heavy (non-hydrogen) atoms. The van der Waals surface area contributed by atoms with Crippen LogP contribution in [0.1, 0.15) is 11.3 Å². The highest BCUT2D eigenvalue weighted by Crippen LogP contribution is 2.29. The van der Waals surface area contributed by atoms with Gasteiger partial charge in [0.05, 0.1) is 16.5 Å². The molecule has 0 aliphatic carbocycles. The smallest absolute Gasteiger partial charge is 0.325 e. The first-order valence-corrected chi connectivity index (χ1v) is 11.8. The Kier molecular flexibility index (Phi) is 5.63. The summed E-state index contributed by atoms with van der Waals surface area (Å²) in [4.78, 5) is 29.4. The number of rotatable bonds is 5. The fourth-order valence-corrected chi connectivity index (χ4v) is 6.30. The minimum Gasteiger partial charge on any atom is -0.458 e. The Hall–Kier alpha value is -2.69. The zero-order valence-electron chi connectivity index (χ0n) is 16.1. The van der Waals surface area contributed by atoms with Crippen molar-refractivity contribution in [2.24, 2.45) is 0 Å². The summed E-state index contributed by atoms with van der Waals surface area (Å²) in [7, 11) is -3.81. The number of fused-ring (bicyclic) bond motifs is 1. The third-order valence-corrected chi connectivity index (χ3v) is 7.73. The summed E-state index contributed by atoms with van der Waals surface area (Å²) in [6.45, 7) is 1.66. The molecule has 1 aliphatic heterocycles. The topological polar surface area (TPSA) is 98.0 Å². The van der Waals surface area contributed by atoms with Gasteiger partial charge in [-0.25, -0.2) is 13.4 Å². The number of aromatic nitrogens is 2. The van der Waals surface area contributed by atoms with Crippen molar-refractivity contribution in [2.75, 3.05) is 11.6 Å². The normalized spacial score (nSPS) is 17.3. The predicted molar refractivity (Wildman–Crippen MR) is 113 cm³/mol. The molecular formula is C20H19N3O5S2. The molecule has 1 fully saturated rings. The van der Waals surface area contributed by atoms with E-state index in [1.165, 1.54) is 34.4 Å². The molecule has 8 nitrogen and oxygen atoms in total. The first kappa shape index (κ1) is 20.6. The van der Waals surface area contributed by atoms with Crippen LogP contribution in [0.15, 0.2) is 64.4 Å². The number of nitrogens with zero attached hydrogens (tertiary/aromatic N) is 3. The second kappa shape index (κ2) is 8.21. The van der Waals surface area contributed by atoms with Crippen LogP contribution in [-0.4, -0.2) is 45.7 Å². The number of benzene rings is 1. The van der Waals surface area contributed by atoms with Gasteiger partial charge in [-0.3, -0.25) is 14.0 Å². The number of thioether (sulfide) groups is 1. The molecule has 3 heterocycles. The standard InChI is InChI=1S/C20H19N3O5S2/c1-14-7-8-18-21-15(9-19(24)22(18)10-14)11-28-20(25)17-12-29-13-23(17)30(26,27)16-5-3-2-4-6-16/h2-10,17H,11-13H2,1H3. The molecule has 0 bridgehead atoms. The number of carbonyl (C=O) groups excluding carboxylic acids is 1. The van der Waals surface area contributed by atoms with E-state index in [0.717, 1.165) is 9.87 Å². The molecule has 1 atom stereocenters. The number of hydrogen-bond donors (Lipinski definition) is 0. The quantitative estimate of drug-likeness (QED) is 0.553. The molecule has 1 saturated heterocycles. The molecule has 3 aromatic rings. The maximum Gasteiger partial charge on any atom is 0.325 e. The Morgan fingerprint density at radius 3 is 2.77 bits per heavy atom. The van der Waals surface area contributed by atoms with E-state index >= 15 is 0 Å². The largest absolute Gasteiger partial charge is 0.458 e. The molecule has 4 rings (SSSR count). The highest BCUT2D eigenvalue weighted by Gasteiger charge is 2.41. The van der Waals surface area contributed by atoms with E-state index < -0.39 is 22.0 Å². The summed E-state index contributed by atoms with van der Waals surface area (Å²) in [6, 6.07) is 11.9. The predicted octanol–water partition coefficient (Wildman–Crippen LogP) is 1.81. The highest BCUT2D eigenvalue weighted by atomic mass is 32.2. The van der Waals surface area contributed by atoms with Gasteiger partial charge < -0.3 is 4.74 Å². The number of sulfonamides is 1. The Morgan fingerprint density at radius 1 is 1.23 bits per heavy atom. The van der Waals surface area contributed by atoms with Crippen molar-refractivity contribution in [3.05, 3.63) is 76.3 Å². The highest BCUT2D eigenvalue weighted by molar-refractivity contribution is 8.00. The summed E-state index contributed by atoms with van der Waals surface area (Å²) >= 11 is 1.34. The molecule has 156 valence electrons. The summed E-state index contributed by atoms with van der Waals surface area (Å²) in [5.41, 5.74) is 1.40. The minimum absolute atomic E-state index is 0.129. The molecular weight excluding hydrogens is 426 g/mol. The Labute approximate surface area is 177 Å². The van der Waals surface area contributed by atoms with Gasteiger partial charge in [-0.05, 0) is 30.7 Å².